The topological polar surface area (TPSA) is 101 Å². The van der Waals surface area contributed by atoms with Gasteiger partial charge in [0.2, 0.25) is 0 Å². The van der Waals surface area contributed by atoms with E-state index in [4.69, 9.17) is 15.6 Å². The first-order valence-electron chi connectivity index (χ1n) is 5.94. The Morgan fingerprint density at radius 3 is 2.75 bits per heavy atom. The SMILES string of the molecule is CC(C)Oc1ccc(-c2[nH]nc(N)c2C(=O)O)cc1F. The van der Waals surface area contributed by atoms with Crippen molar-refractivity contribution in [1.29, 1.82) is 0 Å². The molecule has 0 saturated heterocycles. The number of nitrogens with one attached hydrogen (secondary N) is 1. The van der Waals surface area contributed by atoms with Gasteiger partial charge < -0.3 is 15.6 Å². The van der Waals surface area contributed by atoms with E-state index in [2.05, 4.69) is 10.2 Å². The number of carboxylic acids is 1. The van der Waals surface area contributed by atoms with Gasteiger partial charge in [0.05, 0.1) is 11.8 Å². The van der Waals surface area contributed by atoms with Gasteiger partial charge in [0.15, 0.2) is 17.4 Å². The summed E-state index contributed by atoms with van der Waals surface area (Å²) < 4.78 is 19.2. The van der Waals surface area contributed by atoms with Crippen LogP contribution in [-0.4, -0.2) is 27.4 Å². The van der Waals surface area contributed by atoms with Crippen molar-refractivity contribution in [3.63, 3.8) is 0 Å². The van der Waals surface area contributed by atoms with Crippen LogP contribution in [0.5, 0.6) is 5.75 Å². The van der Waals surface area contributed by atoms with Gasteiger partial charge in [-0.3, -0.25) is 5.10 Å². The molecule has 0 unspecified atom stereocenters. The Morgan fingerprint density at radius 2 is 2.20 bits per heavy atom. The van der Waals surface area contributed by atoms with E-state index in [0.717, 1.165) is 0 Å². The van der Waals surface area contributed by atoms with Crippen molar-refractivity contribution in [3.05, 3.63) is 29.6 Å². The van der Waals surface area contributed by atoms with Crippen LogP contribution in [0.25, 0.3) is 11.3 Å². The van der Waals surface area contributed by atoms with Crippen molar-refractivity contribution in [1.82, 2.24) is 10.2 Å². The third-order valence-corrected chi connectivity index (χ3v) is 2.59. The van der Waals surface area contributed by atoms with Crippen LogP contribution in [0.2, 0.25) is 0 Å². The molecule has 0 radical (unpaired) electrons. The van der Waals surface area contributed by atoms with Crippen LogP contribution in [-0.2, 0) is 0 Å². The van der Waals surface area contributed by atoms with Gasteiger partial charge in [0.1, 0.15) is 5.56 Å². The van der Waals surface area contributed by atoms with Gasteiger partial charge >= 0.3 is 5.97 Å². The number of hydrogen-bond donors (Lipinski definition) is 3. The maximum atomic E-state index is 13.9. The lowest BCUT2D eigenvalue weighted by molar-refractivity contribution is 0.0699. The van der Waals surface area contributed by atoms with Crippen molar-refractivity contribution in [2.24, 2.45) is 0 Å². The first-order valence-corrected chi connectivity index (χ1v) is 5.94. The number of aromatic nitrogens is 2. The van der Waals surface area contributed by atoms with Crippen molar-refractivity contribution in [3.8, 4) is 17.0 Å². The second kappa shape index (κ2) is 5.20. The Hall–Kier alpha value is -2.57. The quantitative estimate of drug-likeness (QED) is 0.797. The van der Waals surface area contributed by atoms with E-state index in [1.807, 2.05) is 0 Å². The van der Waals surface area contributed by atoms with E-state index < -0.39 is 11.8 Å². The van der Waals surface area contributed by atoms with E-state index in [1.165, 1.54) is 12.1 Å². The molecule has 0 bridgehead atoms. The minimum Gasteiger partial charge on any atom is -0.488 e. The number of nitrogens with zero attached hydrogens (tertiary/aromatic N) is 1. The van der Waals surface area contributed by atoms with E-state index in [0.29, 0.717) is 5.56 Å². The van der Waals surface area contributed by atoms with Crippen molar-refractivity contribution in [2.75, 3.05) is 5.73 Å². The standard InChI is InChI=1S/C13H14FN3O3/c1-6(2)20-9-4-3-7(5-8(9)14)11-10(13(18)19)12(15)17-16-11/h3-6H,1-2H3,(H,18,19)(H3,15,16,17). The third kappa shape index (κ3) is 2.56. The number of carboxylic acid groups (broad SMARTS) is 1. The lowest BCUT2D eigenvalue weighted by Gasteiger charge is -2.11. The first-order chi connectivity index (χ1) is 9.40. The molecular formula is C13H14FN3O3. The molecule has 2 aromatic rings. The molecule has 0 aliphatic carbocycles. The predicted octanol–water partition coefficient (Wildman–Crippen LogP) is 2.28. The molecule has 20 heavy (non-hydrogen) atoms. The molecule has 1 aromatic heterocycles. The molecule has 0 fully saturated rings. The summed E-state index contributed by atoms with van der Waals surface area (Å²) in [5.74, 6) is -1.85. The first kappa shape index (κ1) is 13.9. The zero-order valence-corrected chi connectivity index (χ0v) is 11.0. The van der Waals surface area contributed by atoms with Gasteiger partial charge in [-0.2, -0.15) is 5.10 Å². The molecule has 0 saturated carbocycles. The van der Waals surface area contributed by atoms with Gasteiger partial charge in [-0.15, -0.1) is 0 Å². The normalized spacial score (nSPS) is 10.8. The number of aromatic carboxylic acids is 1. The van der Waals surface area contributed by atoms with Crippen LogP contribution in [0, 0.1) is 5.82 Å². The van der Waals surface area contributed by atoms with Crippen LogP contribution < -0.4 is 10.5 Å². The fraction of sp³-hybridized carbons (Fsp3) is 0.231. The van der Waals surface area contributed by atoms with Crippen LogP contribution in [0.15, 0.2) is 18.2 Å². The lowest BCUT2D eigenvalue weighted by atomic mass is 10.1. The molecule has 0 atom stereocenters. The number of carbonyl (C=O) groups is 1. The maximum absolute atomic E-state index is 13.9. The number of ether oxygens (including phenoxy) is 1. The Morgan fingerprint density at radius 1 is 1.50 bits per heavy atom. The Kier molecular flexibility index (Phi) is 3.60. The van der Waals surface area contributed by atoms with Crippen molar-refractivity contribution < 1.29 is 19.0 Å². The van der Waals surface area contributed by atoms with Gasteiger partial charge in [-0.25, -0.2) is 9.18 Å². The van der Waals surface area contributed by atoms with E-state index >= 15 is 0 Å². The maximum Gasteiger partial charge on any atom is 0.341 e. The van der Waals surface area contributed by atoms with Gasteiger partial charge in [0, 0.05) is 5.56 Å². The van der Waals surface area contributed by atoms with Crippen molar-refractivity contribution >= 4 is 11.8 Å². The Labute approximate surface area is 114 Å². The number of nitrogen functional groups attached to an aromatic ring is 1. The number of benzene rings is 1. The number of rotatable bonds is 4. The van der Waals surface area contributed by atoms with Gasteiger partial charge in [-0.1, -0.05) is 0 Å². The van der Waals surface area contributed by atoms with Crippen LogP contribution >= 0.6 is 0 Å². The van der Waals surface area contributed by atoms with Crippen LogP contribution in [0.1, 0.15) is 24.2 Å². The second-order valence-electron chi connectivity index (χ2n) is 4.48. The van der Waals surface area contributed by atoms with Crippen molar-refractivity contribution in [2.45, 2.75) is 20.0 Å². The molecule has 1 aromatic carbocycles. The smallest absolute Gasteiger partial charge is 0.341 e. The summed E-state index contributed by atoms with van der Waals surface area (Å²) in [6.07, 6.45) is -0.160. The molecule has 0 aliphatic heterocycles. The summed E-state index contributed by atoms with van der Waals surface area (Å²) in [5.41, 5.74) is 5.78. The number of anilines is 1. The monoisotopic (exact) mass is 279 g/mol. The van der Waals surface area contributed by atoms with Gasteiger partial charge in [-0.05, 0) is 32.0 Å². The highest BCUT2D eigenvalue weighted by Crippen LogP contribution is 2.29. The largest absolute Gasteiger partial charge is 0.488 e. The minimum atomic E-state index is -1.23. The summed E-state index contributed by atoms with van der Waals surface area (Å²) >= 11 is 0. The molecule has 4 N–H and O–H groups in total. The summed E-state index contributed by atoms with van der Waals surface area (Å²) in [6, 6.07) is 4.16. The minimum absolute atomic E-state index is 0.105. The van der Waals surface area contributed by atoms with Gasteiger partial charge in [0.25, 0.3) is 0 Å². The summed E-state index contributed by atoms with van der Waals surface area (Å²) in [6.45, 7) is 3.57. The number of halogens is 1. The van der Waals surface area contributed by atoms with E-state index in [1.54, 1.807) is 19.9 Å². The number of H-pyrrole nitrogens is 1. The highest BCUT2D eigenvalue weighted by Gasteiger charge is 2.20. The molecule has 0 amide bonds. The summed E-state index contributed by atoms with van der Waals surface area (Å²) in [4.78, 5) is 11.1. The fourth-order valence-electron chi connectivity index (χ4n) is 1.79. The number of nitrogens with two attached hydrogens (primary N) is 1. The summed E-state index contributed by atoms with van der Waals surface area (Å²) in [5, 5.41) is 15.2. The third-order valence-electron chi connectivity index (χ3n) is 2.59. The average Bonchev–Trinajstić information content (AvgIpc) is 2.73. The number of hydrogen-bond acceptors (Lipinski definition) is 4. The second-order valence-corrected chi connectivity index (χ2v) is 4.48. The predicted molar refractivity (Wildman–Crippen MR) is 71.1 cm³/mol. The molecule has 106 valence electrons. The molecule has 0 aliphatic rings. The van der Waals surface area contributed by atoms with E-state index in [9.17, 15) is 9.18 Å². The molecular weight excluding hydrogens is 265 g/mol. The molecule has 6 nitrogen and oxygen atoms in total. The Bertz CT molecular complexity index is 652. The average molecular weight is 279 g/mol. The highest BCUT2D eigenvalue weighted by molar-refractivity contribution is 5.99. The zero-order valence-electron chi connectivity index (χ0n) is 11.0. The van der Waals surface area contributed by atoms with Crippen LogP contribution in [0.4, 0.5) is 10.2 Å². The molecule has 0 spiro atoms. The number of aromatic amines is 1. The molecule has 7 heteroatoms. The highest BCUT2D eigenvalue weighted by atomic mass is 19.1. The Balaban J connectivity index is 2.45. The molecule has 2 rings (SSSR count). The molecule has 1 heterocycles. The van der Waals surface area contributed by atoms with Crippen LogP contribution in [0.3, 0.4) is 0 Å². The lowest BCUT2D eigenvalue weighted by Crippen LogP contribution is -2.07. The fourth-order valence-corrected chi connectivity index (χ4v) is 1.79. The zero-order chi connectivity index (χ0) is 14.9. The van der Waals surface area contributed by atoms with E-state index in [-0.39, 0.29) is 28.9 Å². The summed E-state index contributed by atoms with van der Waals surface area (Å²) in [7, 11) is 0.